The monoisotopic (exact) mass is 358 g/mol. The number of anilines is 2. The zero-order valence-electron chi connectivity index (χ0n) is 13.2. The molecular weight excluding hydrogens is 346 g/mol. The van der Waals surface area contributed by atoms with Crippen LogP contribution in [0.3, 0.4) is 0 Å². The van der Waals surface area contributed by atoms with Gasteiger partial charge in [-0.2, -0.15) is 0 Å². The van der Waals surface area contributed by atoms with Gasteiger partial charge in [0.1, 0.15) is 11.6 Å². The Bertz CT molecular complexity index is 932. The summed E-state index contributed by atoms with van der Waals surface area (Å²) in [6.45, 7) is -0.204. The molecule has 1 aliphatic rings. The smallest absolute Gasteiger partial charge is 0.322 e. The molecule has 0 spiro atoms. The molecular formula is C16H12F2N6O2. The first-order chi connectivity index (χ1) is 12.6. The van der Waals surface area contributed by atoms with Crippen LogP contribution >= 0.6 is 0 Å². The Morgan fingerprint density at radius 3 is 2.35 bits per heavy atom. The third kappa shape index (κ3) is 3.05. The Balaban J connectivity index is 1.43. The number of hydrogen-bond acceptors (Lipinski definition) is 7. The molecule has 0 unspecified atom stereocenters. The van der Waals surface area contributed by atoms with Gasteiger partial charge in [0.15, 0.2) is 5.69 Å². The number of carbonyl (C=O) groups is 1. The second-order valence-corrected chi connectivity index (χ2v) is 5.44. The highest BCUT2D eigenvalue weighted by Crippen LogP contribution is 2.27. The van der Waals surface area contributed by atoms with Gasteiger partial charge in [0.25, 0.3) is 0 Å². The lowest BCUT2D eigenvalue weighted by Gasteiger charge is -2.13. The largest absolute Gasteiger partial charge is 0.382 e. The van der Waals surface area contributed by atoms with Crippen LogP contribution in [-0.4, -0.2) is 26.2 Å². The number of hydrazine groups is 2. The van der Waals surface area contributed by atoms with E-state index in [-0.39, 0.29) is 17.8 Å². The summed E-state index contributed by atoms with van der Waals surface area (Å²) in [5.74, 6) is -2.20. The molecule has 0 radical (unpaired) electrons. The van der Waals surface area contributed by atoms with Gasteiger partial charge >= 0.3 is 5.97 Å². The van der Waals surface area contributed by atoms with Crippen molar-refractivity contribution in [2.24, 2.45) is 0 Å². The SMILES string of the molecule is O=C(ON1Nc2ccccc2N1)c1cn(Cc2c(F)cccc2F)nn1. The third-order valence-corrected chi connectivity index (χ3v) is 3.67. The van der Waals surface area contributed by atoms with Crippen LogP contribution in [0.5, 0.6) is 0 Å². The predicted octanol–water partition coefficient (Wildman–Crippen LogP) is 2.35. The number of nitrogens with one attached hydrogen (secondary N) is 2. The molecule has 10 heteroatoms. The summed E-state index contributed by atoms with van der Waals surface area (Å²) >= 11 is 0. The van der Waals surface area contributed by atoms with E-state index in [1.165, 1.54) is 12.3 Å². The van der Waals surface area contributed by atoms with Crippen molar-refractivity contribution >= 4 is 17.3 Å². The quantitative estimate of drug-likeness (QED) is 0.741. The molecule has 0 saturated carbocycles. The van der Waals surface area contributed by atoms with E-state index in [2.05, 4.69) is 21.2 Å². The van der Waals surface area contributed by atoms with Gasteiger partial charge in [-0.3, -0.25) is 10.9 Å². The van der Waals surface area contributed by atoms with Crippen molar-refractivity contribution in [3.63, 3.8) is 0 Å². The number of nitrogens with zero attached hydrogens (tertiary/aromatic N) is 4. The fraction of sp³-hybridized carbons (Fsp3) is 0.0625. The predicted molar refractivity (Wildman–Crippen MR) is 86.4 cm³/mol. The first kappa shape index (κ1) is 16.0. The number of aromatic nitrogens is 3. The highest BCUT2D eigenvalue weighted by molar-refractivity contribution is 5.86. The van der Waals surface area contributed by atoms with E-state index < -0.39 is 17.6 Å². The van der Waals surface area contributed by atoms with Crippen LogP contribution in [-0.2, 0) is 11.4 Å². The highest BCUT2D eigenvalue weighted by atomic mass is 19.1. The van der Waals surface area contributed by atoms with Crippen molar-refractivity contribution in [1.82, 2.24) is 20.3 Å². The van der Waals surface area contributed by atoms with Crippen molar-refractivity contribution < 1.29 is 18.4 Å². The fourth-order valence-corrected chi connectivity index (χ4v) is 2.41. The van der Waals surface area contributed by atoms with Gasteiger partial charge in [-0.25, -0.2) is 18.3 Å². The number of carbonyl (C=O) groups excluding carboxylic acids is 1. The van der Waals surface area contributed by atoms with Crippen molar-refractivity contribution in [3.05, 3.63) is 71.6 Å². The molecule has 0 aliphatic carbocycles. The summed E-state index contributed by atoms with van der Waals surface area (Å²) in [6, 6.07) is 10.8. The molecule has 8 nitrogen and oxygen atoms in total. The van der Waals surface area contributed by atoms with Crippen molar-refractivity contribution in [2.45, 2.75) is 6.54 Å². The second kappa shape index (κ2) is 6.41. The summed E-state index contributed by atoms with van der Waals surface area (Å²) in [7, 11) is 0. The van der Waals surface area contributed by atoms with Gasteiger partial charge in [-0.15, -0.1) is 5.10 Å². The van der Waals surface area contributed by atoms with Gasteiger partial charge in [0.05, 0.1) is 24.1 Å². The minimum absolute atomic E-state index is 0.110. The van der Waals surface area contributed by atoms with Gasteiger partial charge in [0.2, 0.25) is 0 Å². The number of hydrogen-bond donors (Lipinski definition) is 2. The zero-order valence-corrected chi connectivity index (χ0v) is 13.2. The van der Waals surface area contributed by atoms with E-state index in [9.17, 15) is 13.6 Å². The second-order valence-electron chi connectivity index (χ2n) is 5.44. The molecule has 0 bridgehead atoms. The van der Waals surface area contributed by atoms with E-state index >= 15 is 0 Å². The topological polar surface area (TPSA) is 84.3 Å². The lowest BCUT2D eigenvalue weighted by molar-refractivity contribution is -0.0695. The molecule has 0 amide bonds. The minimum Gasteiger partial charge on any atom is -0.322 e. The maximum absolute atomic E-state index is 13.7. The van der Waals surface area contributed by atoms with Crippen LogP contribution in [0.2, 0.25) is 0 Å². The van der Waals surface area contributed by atoms with Crippen molar-refractivity contribution in [2.75, 3.05) is 10.9 Å². The molecule has 4 rings (SSSR count). The average Bonchev–Trinajstić information content (AvgIpc) is 3.24. The van der Waals surface area contributed by atoms with E-state index in [1.54, 1.807) is 12.1 Å². The Morgan fingerprint density at radius 1 is 1.04 bits per heavy atom. The number of halogens is 2. The lowest BCUT2D eigenvalue weighted by Crippen LogP contribution is -2.32. The van der Waals surface area contributed by atoms with Gasteiger partial charge < -0.3 is 4.84 Å². The molecule has 2 N–H and O–H groups in total. The Hall–Kier alpha value is -3.53. The standard InChI is InChI=1S/C16H12F2N6O2/c17-11-4-3-5-12(18)10(11)8-23-9-15(19-22-23)16(25)26-24-20-13-6-1-2-7-14(13)21-24/h1-7,9,20-21H,8H2. The number of benzene rings is 2. The summed E-state index contributed by atoms with van der Waals surface area (Å²) in [6.07, 6.45) is 1.25. The van der Waals surface area contributed by atoms with Crippen LogP contribution in [0.1, 0.15) is 16.1 Å². The zero-order chi connectivity index (χ0) is 18.1. The molecule has 0 fully saturated rings. The maximum Gasteiger partial charge on any atom is 0.382 e. The van der Waals surface area contributed by atoms with E-state index in [1.807, 2.05) is 12.1 Å². The maximum atomic E-state index is 13.7. The Labute approximate surface area is 145 Å². The van der Waals surface area contributed by atoms with Gasteiger partial charge in [-0.05, 0) is 24.3 Å². The normalized spacial score (nSPS) is 13.0. The van der Waals surface area contributed by atoms with Crippen LogP contribution in [0.15, 0.2) is 48.7 Å². The van der Waals surface area contributed by atoms with Crippen molar-refractivity contribution in [3.8, 4) is 0 Å². The van der Waals surface area contributed by atoms with Crippen LogP contribution in [0.4, 0.5) is 20.2 Å². The van der Waals surface area contributed by atoms with E-state index in [0.29, 0.717) is 0 Å². The number of fused-ring (bicyclic) bond motifs is 1. The first-order valence-corrected chi connectivity index (χ1v) is 7.58. The molecule has 132 valence electrons. The summed E-state index contributed by atoms with van der Waals surface area (Å²) < 4.78 is 28.5. The molecule has 1 aromatic heterocycles. The molecule has 2 heterocycles. The van der Waals surface area contributed by atoms with Crippen LogP contribution in [0.25, 0.3) is 0 Å². The molecule has 1 aliphatic heterocycles. The third-order valence-electron chi connectivity index (χ3n) is 3.67. The van der Waals surface area contributed by atoms with E-state index in [4.69, 9.17) is 4.84 Å². The van der Waals surface area contributed by atoms with E-state index in [0.717, 1.165) is 33.5 Å². The highest BCUT2D eigenvalue weighted by Gasteiger charge is 2.23. The molecule has 26 heavy (non-hydrogen) atoms. The lowest BCUT2D eigenvalue weighted by atomic mass is 10.2. The average molecular weight is 358 g/mol. The fourth-order valence-electron chi connectivity index (χ4n) is 2.41. The van der Waals surface area contributed by atoms with Gasteiger partial charge in [0, 0.05) is 10.8 Å². The summed E-state index contributed by atoms with van der Waals surface area (Å²) in [5.41, 5.74) is 6.83. The molecule has 2 aromatic carbocycles. The molecule has 0 atom stereocenters. The summed E-state index contributed by atoms with van der Waals surface area (Å²) in [4.78, 5) is 17.2. The molecule has 0 saturated heterocycles. The van der Waals surface area contributed by atoms with Crippen molar-refractivity contribution in [1.29, 1.82) is 0 Å². The summed E-state index contributed by atoms with van der Waals surface area (Å²) in [5, 5.41) is 8.41. The number of rotatable bonds is 4. The van der Waals surface area contributed by atoms with Crippen LogP contribution < -0.4 is 10.9 Å². The van der Waals surface area contributed by atoms with Crippen LogP contribution in [0, 0.1) is 11.6 Å². The minimum atomic E-state index is -0.793. The Kier molecular flexibility index (Phi) is 3.93. The number of para-hydroxylation sites is 2. The molecule has 3 aromatic rings. The first-order valence-electron chi connectivity index (χ1n) is 7.58. The van der Waals surface area contributed by atoms with Gasteiger partial charge in [-0.1, -0.05) is 23.4 Å². The Morgan fingerprint density at radius 2 is 1.69 bits per heavy atom.